The molecule has 1 fully saturated rings. The number of primary amides is 1. The van der Waals surface area contributed by atoms with Crippen LogP contribution in [0.3, 0.4) is 0 Å². The quantitative estimate of drug-likeness (QED) is 0.591. The van der Waals surface area contributed by atoms with E-state index in [1.54, 1.807) is 12.1 Å². The first kappa shape index (κ1) is 20.5. The molecular weight excluding hydrogens is 413 g/mol. The molecule has 4 rings (SSSR count). The van der Waals surface area contributed by atoms with Crippen LogP contribution in [0.1, 0.15) is 35.3 Å². The maximum atomic E-state index is 14.2. The van der Waals surface area contributed by atoms with E-state index in [1.807, 2.05) is 0 Å². The average Bonchev–Trinajstić information content (AvgIpc) is 2.71. The monoisotopic (exact) mass is 430 g/mol. The summed E-state index contributed by atoms with van der Waals surface area (Å²) in [6.07, 6.45) is 3.57. The third kappa shape index (κ3) is 4.25. The molecule has 3 N–H and O–H groups in total. The summed E-state index contributed by atoms with van der Waals surface area (Å²) in [7, 11) is 0. The Morgan fingerprint density at radius 2 is 2.00 bits per heavy atom. The summed E-state index contributed by atoms with van der Waals surface area (Å²) in [4.78, 5) is 19.7. The first-order chi connectivity index (χ1) is 14.9. The number of nitrogens with one attached hydrogen (secondary N) is 1. The second kappa shape index (κ2) is 8.17. The van der Waals surface area contributed by atoms with Crippen LogP contribution in [0.5, 0.6) is 5.88 Å². The second-order valence-corrected chi connectivity index (χ2v) is 7.03. The molecule has 31 heavy (non-hydrogen) atoms. The van der Waals surface area contributed by atoms with Crippen LogP contribution in [-0.2, 0) is 5.54 Å². The molecule has 1 aliphatic carbocycles. The summed E-state index contributed by atoms with van der Waals surface area (Å²) >= 11 is 0. The normalized spacial score (nSPS) is 14.7. The van der Waals surface area contributed by atoms with E-state index in [4.69, 9.17) is 5.73 Å². The van der Waals surface area contributed by atoms with Crippen molar-refractivity contribution in [2.45, 2.75) is 31.4 Å². The van der Waals surface area contributed by atoms with Gasteiger partial charge in [-0.25, -0.2) is 14.4 Å². The fraction of sp³-hybridized carbons (Fsp3) is 0.250. The Labute approximate surface area is 174 Å². The van der Waals surface area contributed by atoms with E-state index in [0.717, 1.165) is 12.5 Å². The fourth-order valence-electron chi connectivity index (χ4n) is 3.36. The standard InChI is InChI=1S/C20H17F3N6O2/c21-13-6-5-11(17(24)30)9-12(13)14-10-25-19(29-28-14)27-20(7-2-8-20)15-3-1-4-16(26-15)31-18(22)23/h1,3-6,9-10,18H,2,7-8H2,(H2,24,30)(H,25,27,29). The number of carbonyl (C=O) groups excluding carboxylic acids is 1. The third-order valence-corrected chi connectivity index (χ3v) is 5.07. The molecule has 0 saturated heterocycles. The zero-order valence-electron chi connectivity index (χ0n) is 16.1. The van der Waals surface area contributed by atoms with Crippen molar-refractivity contribution in [3.05, 3.63) is 59.7 Å². The maximum Gasteiger partial charge on any atom is 0.388 e. The molecule has 0 spiro atoms. The Morgan fingerprint density at radius 1 is 1.19 bits per heavy atom. The SMILES string of the molecule is NC(=O)c1ccc(F)c(-c2cnc(NC3(c4cccc(OC(F)F)n4)CCC3)nn2)c1. The van der Waals surface area contributed by atoms with E-state index in [0.29, 0.717) is 18.5 Å². The predicted octanol–water partition coefficient (Wildman–Crippen LogP) is 3.26. The zero-order chi connectivity index (χ0) is 22.0. The Hall–Kier alpha value is -3.76. The molecule has 3 aromatic rings. The number of nitrogens with two attached hydrogens (primary N) is 1. The van der Waals surface area contributed by atoms with Crippen molar-refractivity contribution in [2.75, 3.05) is 5.32 Å². The van der Waals surface area contributed by atoms with Crippen molar-refractivity contribution in [3.63, 3.8) is 0 Å². The number of anilines is 1. The van der Waals surface area contributed by atoms with Gasteiger partial charge in [0.15, 0.2) is 0 Å². The van der Waals surface area contributed by atoms with Gasteiger partial charge in [-0.05, 0) is 43.5 Å². The highest BCUT2D eigenvalue weighted by Gasteiger charge is 2.41. The highest BCUT2D eigenvalue weighted by molar-refractivity contribution is 5.94. The summed E-state index contributed by atoms with van der Waals surface area (Å²) in [5.74, 6) is -1.31. The minimum Gasteiger partial charge on any atom is -0.417 e. The molecule has 2 heterocycles. The smallest absolute Gasteiger partial charge is 0.388 e. The lowest BCUT2D eigenvalue weighted by Crippen LogP contribution is -2.43. The predicted molar refractivity (Wildman–Crippen MR) is 104 cm³/mol. The fourth-order valence-corrected chi connectivity index (χ4v) is 3.36. The van der Waals surface area contributed by atoms with Gasteiger partial charge in [-0.3, -0.25) is 4.79 Å². The van der Waals surface area contributed by atoms with Crippen molar-refractivity contribution < 1.29 is 22.7 Å². The molecule has 11 heteroatoms. The molecular formula is C20H17F3N6O2. The summed E-state index contributed by atoms with van der Waals surface area (Å²) in [5.41, 5.74) is 5.40. The number of benzene rings is 1. The number of nitrogens with zero attached hydrogens (tertiary/aromatic N) is 4. The van der Waals surface area contributed by atoms with E-state index in [1.165, 1.54) is 24.4 Å². The molecule has 160 valence electrons. The Balaban J connectivity index is 1.57. The van der Waals surface area contributed by atoms with E-state index in [2.05, 4.69) is 30.2 Å². The number of amides is 1. The van der Waals surface area contributed by atoms with Crippen LogP contribution in [0, 0.1) is 5.82 Å². The van der Waals surface area contributed by atoms with Crippen molar-refractivity contribution in [1.29, 1.82) is 0 Å². The highest BCUT2D eigenvalue weighted by Crippen LogP contribution is 2.43. The minimum absolute atomic E-state index is 0.0414. The summed E-state index contributed by atoms with van der Waals surface area (Å²) < 4.78 is 43.6. The van der Waals surface area contributed by atoms with Crippen molar-refractivity contribution in [3.8, 4) is 17.1 Å². The Morgan fingerprint density at radius 3 is 2.61 bits per heavy atom. The van der Waals surface area contributed by atoms with Gasteiger partial charge in [0.05, 0.1) is 17.4 Å². The lowest BCUT2D eigenvalue weighted by atomic mass is 9.74. The Kier molecular flexibility index (Phi) is 5.40. The number of carbonyl (C=O) groups is 1. The highest BCUT2D eigenvalue weighted by atomic mass is 19.3. The number of hydrogen-bond donors (Lipinski definition) is 2. The van der Waals surface area contributed by atoms with Crippen LogP contribution in [0.2, 0.25) is 0 Å². The molecule has 0 aliphatic heterocycles. The van der Waals surface area contributed by atoms with Crippen molar-refractivity contribution >= 4 is 11.9 Å². The zero-order valence-corrected chi connectivity index (χ0v) is 16.1. The van der Waals surface area contributed by atoms with E-state index in [9.17, 15) is 18.0 Å². The van der Waals surface area contributed by atoms with Gasteiger partial charge in [0, 0.05) is 17.2 Å². The molecule has 0 radical (unpaired) electrons. The number of aromatic nitrogens is 4. The number of rotatable bonds is 7. The van der Waals surface area contributed by atoms with Crippen LogP contribution < -0.4 is 15.8 Å². The summed E-state index contributed by atoms with van der Waals surface area (Å²) in [6.45, 7) is -2.97. The lowest BCUT2D eigenvalue weighted by molar-refractivity contribution is -0.0531. The maximum absolute atomic E-state index is 14.2. The van der Waals surface area contributed by atoms with E-state index >= 15 is 0 Å². The lowest BCUT2D eigenvalue weighted by Gasteiger charge is -2.41. The first-order valence-electron chi connectivity index (χ1n) is 9.36. The third-order valence-electron chi connectivity index (χ3n) is 5.07. The van der Waals surface area contributed by atoms with Crippen LogP contribution >= 0.6 is 0 Å². The molecule has 0 bridgehead atoms. The Bertz CT molecular complexity index is 1110. The van der Waals surface area contributed by atoms with E-state index in [-0.39, 0.29) is 28.6 Å². The van der Waals surface area contributed by atoms with Gasteiger partial charge in [0.25, 0.3) is 0 Å². The van der Waals surface area contributed by atoms with Crippen LogP contribution in [-0.4, -0.2) is 32.7 Å². The van der Waals surface area contributed by atoms with Gasteiger partial charge in [-0.1, -0.05) is 6.07 Å². The van der Waals surface area contributed by atoms with Gasteiger partial charge in [-0.2, -0.15) is 8.78 Å². The van der Waals surface area contributed by atoms with Crippen LogP contribution in [0.25, 0.3) is 11.3 Å². The number of ether oxygens (including phenoxy) is 1. The van der Waals surface area contributed by atoms with Gasteiger partial charge in [0.2, 0.25) is 17.7 Å². The minimum atomic E-state index is -2.97. The van der Waals surface area contributed by atoms with E-state index < -0.39 is 23.9 Å². The average molecular weight is 430 g/mol. The van der Waals surface area contributed by atoms with Gasteiger partial charge >= 0.3 is 6.61 Å². The van der Waals surface area contributed by atoms with Gasteiger partial charge in [0.1, 0.15) is 11.5 Å². The first-order valence-corrected chi connectivity index (χ1v) is 9.36. The van der Waals surface area contributed by atoms with Crippen molar-refractivity contribution in [1.82, 2.24) is 20.2 Å². The number of hydrogen-bond acceptors (Lipinski definition) is 7. The molecule has 1 aromatic carbocycles. The number of halogens is 3. The molecule has 1 aliphatic rings. The van der Waals surface area contributed by atoms with Crippen LogP contribution in [0.15, 0.2) is 42.6 Å². The molecule has 0 atom stereocenters. The van der Waals surface area contributed by atoms with Gasteiger partial charge < -0.3 is 15.8 Å². The largest absolute Gasteiger partial charge is 0.417 e. The summed E-state index contributed by atoms with van der Waals surface area (Å²) in [6, 6.07) is 8.31. The van der Waals surface area contributed by atoms with Crippen molar-refractivity contribution in [2.24, 2.45) is 5.73 Å². The topological polar surface area (TPSA) is 116 Å². The molecule has 0 unspecified atom stereocenters. The van der Waals surface area contributed by atoms with Crippen LogP contribution in [0.4, 0.5) is 19.1 Å². The summed E-state index contributed by atoms with van der Waals surface area (Å²) in [5, 5.41) is 11.1. The number of pyridine rings is 1. The molecule has 1 saturated carbocycles. The molecule has 1 amide bonds. The molecule has 2 aromatic heterocycles. The number of alkyl halides is 2. The molecule has 8 nitrogen and oxygen atoms in total. The second-order valence-electron chi connectivity index (χ2n) is 7.03. The van der Waals surface area contributed by atoms with Gasteiger partial charge in [-0.15, -0.1) is 10.2 Å².